The van der Waals surface area contributed by atoms with Gasteiger partial charge in [-0.1, -0.05) is 38.2 Å². The lowest BCUT2D eigenvalue weighted by Gasteiger charge is -2.44. The van der Waals surface area contributed by atoms with E-state index in [1.165, 1.54) is 32.1 Å². The van der Waals surface area contributed by atoms with Gasteiger partial charge in [0.1, 0.15) is 0 Å². The fourth-order valence-corrected chi connectivity index (χ4v) is 7.62. The van der Waals surface area contributed by atoms with Crippen molar-refractivity contribution in [1.29, 1.82) is 0 Å². The zero-order chi connectivity index (χ0) is 22.1. The fraction of sp³-hybridized carbons (Fsp3) is 0.769. The summed E-state index contributed by atoms with van der Waals surface area (Å²) >= 11 is 0. The van der Waals surface area contributed by atoms with Crippen LogP contribution in [0.5, 0.6) is 0 Å². The minimum atomic E-state index is -1.90. The third kappa shape index (κ3) is 5.40. The average molecular weight is 435 g/mol. The maximum atomic E-state index is 12.1. The molecule has 170 valence electrons. The van der Waals surface area contributed by atoms with Gasteiger partial charge in [0, 0.05) is 12.6 Å². The molecular weight excluding hydrogens is 391 g/mol. The highest BCUT2D eigenvalue weighted by Crippen LogP contribution is 2.60. The van der Waals surface area contributed by atoms with Crippen LogP contribution in [0.2, 0.25) is 0 Å². The molecule has 0 saturated heterocycles. The van der Waals surface area contributed by atoms with Gasteiger partial charge in [-0.3, -0.25) is 0 Å². The van der Waals surface area contributed by atoms with E-state index in [0.717, 1.165) is 36.1 Å². The number of aliphatic hydroxyl groups is 2. The highest BCUT2D eigenvalue weighted by atomic mass is 31.2. The van der Waals surface area contributed by atoms with E-state index in [1.54, 1.807) is 5.57 Å². The summed E-state index contributed by atoms with van der Waals surface area (Å²) in [5.74, 6) is 2.08. The maximum absolute atomic E-state index is 12.1. The molecule has 3 saturated carbocycles. The Hall–Kier alpha value is -0.630. The molecule has 4 heteroatoms. The first-order chi connectivity index (χ1) is 14.0. The number of rotatable bonds is 6. The Kier molecular flexibility index (Phi) is 7.58. The molecule has 0 aromatic heterocycles. The van der Waals surface area contributed by atoms with Crippen LogP contribution in [0.25, 0.3) is 0 Å². The maximum Gasteiger partial charge on any atom is 0.0819 e. The third-order valence-electron chi connectivity index (χ3n) is 8.35. The molecule has 3 fully saturated rings. The largest absolute Gasteiger partial charge is 0.393 e. The Morgan fingerprint density at radius 3 is 2.70 bits per heavy atom. The van der Waals surface area contributed by atoms with Crippen molar-refractivity contribution < 1.29 is 14.8 Å². The third-order valence-corrected chi connectivity index (χ3v) is 9.74. The molecule has 0 radical (unpaired) electrons. The Morgan fingerprint density at radius 1 is 1.27 bits per heavy atom. The van der Waals surface area contributed by atoms with Crippen LogP contribution < -0.4 is 0 Å². The molecule has 0 aliphatic heterocycles. The van der Waals surface area contributed by atoms with Gasteiger partial charge in [-0.05, 0) is 99.0 Å². The molecule has 0 amide bonds. The lowest BCUT2D eigenvalue weighted by atomic mass is 9.61. The van der Waals surface area contributed by atoms with Crippen LogP contribution in [0.1, 0.15) is 71.6 Å². The molecular formula is C26H43O3P. The van der Waals surface area contributed by atoms with Gasteiger partial charge >= 0.3 is 0 Å². The molecule has 3 rings (SSSR count). The number of allylic oxidation sites excluding steroid dienone is 3. The topological polar surface area (TPSA) is 57.5 Å². The predicted octanol–water partition coefficient (Wildman–Crippen LogP) is 6.17. The molecule has 3 aliphatic rings. The zero-order valence-corrected chi connectivity index (χ0v) is 20.5. The molecule has 0 spiro atoms. The molecule has 0 bridgehead atoms. The van der Waals surface area contributed by atoms with Gasteiger partial charge in [-0.15, -0.1) is 0 Å². The summed E-state index contributed by atoms with van der Waals surface area (Å²) in [4.78, 5) is 0. The van der Waals surface area contributed by atoms with Gasteiger partial charge in [0.15, 0.2) is 0 Å². The molecule has 0 heterocycles. The molecule has 2 N–H and O–H groups in total. The monoisotopic (exact) mass is 434 g/mol. The minimum Gasteiger partial charge on any atom is -0.393 e. The van der Waals surface area contributed by atoms with Crippen molar-refractivity contribution in [3.05, 3.63) is 35.5 Å². The molecule has 0 aromatic rings. The Bertz CT molecular complexity index is 745. The van der Waals surface area contributed by atoms with Gasteiger partial charge in [0.05, 0.1) is 19.3 Å². The van der Waals surface area contributed by atoms with Gasteiger partial charge in [-0.2, -0.15) is 0 Å². The van der Waals surface area contributed by atoms with Crippen molar-refractivity contribution >= 4 is 7.14 Å². The molecule has 3 aliphatic carbocycles. The molecule has 30 heavy (non-hydrogen) atoms. The summed E-state index contributed by atoms with van der Waals surface area (Å²) in [5.41, 5.74) is 3.71. The van der Waals surface area contributed by atoms with E-state index in [-0.39, 0.29) is 0 Å². The smallest absolute Gasteiger partial charge is 0.0819 e. The SMILES string of the molecule is C=C1/C(=C\C=C2/CCC[C@]3(C)[C@@H]([C@H](C)CCCP(C)(C)=O)CC[C@@H]23)C[C@@H](O)C[C@@H]1O. The molecule has 6 atom stereocenters. The summed E-state index contributed by atoms with van der Waals surface area (Å²) in [6, 6.07) is 0. The predicted molar refractivity (Wildman–Crippen MR) is 127 cm³/mol. The lowest BCUT2D eigenvalue weighted by molar-refractivity contribution is 0.0861. The Balaban J connectivity index is 1.71. The Labute approximate surface area is 184 Å². The van der Waals surface area contributed by atoms with Crippen molar-refractivity contribution in [2.75, 3.05) is 19.5 Å². The molecule has 3 nitrogen and oxygen atoms in total. The van der Waals surface area contributed by atoms with Crippen LogP contribution in [0.15, 0.2) is 35.5 Å². The summed E-state index contributed by atoms with van der Waals surface area (Å²) < 4.78 is 12.1. The van der Waals surface area contributed by atoms with Crippen LogP contribution >= 0.6 is 7.14 Å². The summed E-state index contributed by atoms with van der Waals surface area (Å²) in [6.07, 6.45) is 13.8. The van der Waals surface area contributed by atoms with E-state index in [1.807, 2.05) is 13.3 Å². The van der Waals surface area contributed by atoms with E-state index >= 15 is 0 Å². The van der Waals surface area contributed by atoms with Crippen LogP contribution in [0.4, 0.5) is 0 Å². The van der Waals surface area contributed by atoms with E-state index in [0.29, 0.717) is 30.1 Å². The van der Waals surface area contributed by atoms with Gasteiger partial charge < -0.3 is 14.8 Å². The first-order valence-electron chi connectivity index (χ1n) is 12.0. The highest BCUT2D eigenvalue weighted by Gasteiger charge is 2.50. The van der Waals surface area contributed by atoms with Crippen molar-refractivity contribution in [3.63, 3.8) is 0 Å². The summed E-state index contributed by atoms with van der Waals surface area (Å²) in [5, 5.41) is 20.2. The van der Waals surface area contributed by atoms with Crippen LogP contribution in [-0.4, -0.2) is 41.9 Å². The van der Waals surface area contributed by atoms with Crippen molar-refractivity contribution in [3.8, 4) is 0 Å². The lowest BCUT2D eigenvalue weighted by Crippen LogP contribution is -2.36. The van der Waals surface area contributed by atoms with Crippen molar-refractivity contribution in [1.82, 2.24) is 0 Å². The summed E-state index contributed by atoms with van der Waals surface area (Å²) in [6.45, 7) is 12.8. The summed E-state index contributed by atoms with van der Waals surface area (Å²) in [7, 11) is -1.90. The number of hydrogen-bond acceptors (Lipinski definition) is 3. The fourth-order valence-electron chi connectivity index (χ4n) is 6.67. The van der Waals surface area contributed by atoms with Gasteiger partial charge in [-0.25, -0.2) is 0 Å². The first kappa shape index (κ1) is 24.0. The number of aliphatic hydroxyl groups excluding tert-OH is 2. The van der Waals surface area contributed by atoms with Gasteiger partial charge in [0.2, 0.25) is 0 Å². The minimum absolute atomic E-state index is 0.368. The van der Waals surface area contributed by atoms with Crippen LogP contribution in [-0.2, 0) is 4.57 Å². The Morgan fingerprint density at radius 2 is 2.00 bits per heavy atom. The van der Waals surface area contributed by atoms with E-state index < -0.39 is 19.3 Å². The quantitative estimate of drug-likeness (QED) is 0.492. The number of hydrogen-bond donors (Lipinski definition) is 2. The second-order valence-electron chi connectivity index (χ2n) is 11.1. The van der Waals surface area contributed by atoms with Crippen molar-refractivity contribution in [2.24, 2.45) is 23.2 Å². The van der Waals surface area contributed by atoms with Crippen LogP contribution in [0.3, 0.4) is 0 Å². The van der Waals surface area contributed by atoms with E-state index in [4.69, 9.17) is 0 Å². The normalized spacial score (nSPS) is 38.8. The van der Waals surface area contributed by atoms with E-state index in [9.17, 15) is 14.8 Å². The highest BCUT2D eigenvalue weighted by molar-refractivity contribution is 7.62. The second kappa shape index (κ2) is 9.47. The van der Waals surface area contributed by atoms with Crippen LogP contribution in [0, 0.1) is 23.2 Å². The van der Waals surface area contributed by atoms with E-state index in [2.05, 4.69) is 32.6 Å². The number of fused-ring (bicyclic) bond motifs is 1. The molecule has 0 unspecified atom stereocenters. The first-order valence-corrected chi connectivity index (χ1v) is 14.8. The van der Waals surface area contributed by atoms with Crippen molar-refractivity contribution in [2.45, 2.75) is 83.8 Å². The molecule has 0 aromatic carbocycles. The standard InChI is InChI=1S/C26H43O3P/c1-18(8-7-15-30(4,5)29)23-12-13-24-20(9-6-14-26(23,24)3)10-11-21-16-22(27)17-25(28)19(21)2/h10-11,18,22-25,27-28H,2,6-9,12-17H2,1,3-5H3/b20-10+,21-11-/t18-,22-,23-,24+,25+,26-/m1/s1. The second-order valence-corrected chi connectivity index (χ2v) is 14.7. The van der Waals surface area contributed by atoms with Gasteiger partial charge in [0.25, 0.3) is 0 Å². The zero-order valence-electron chi connectivity index (χ0n) is 19.6. The average Bonchev–Trinajstić information content (AvgIpc) is 3.00.